The Kier molecular flexibility index (Phi) is 5.26. The fourth-order valence-electron chi connectivity index (χ4n) is 2.64. The molecule has 0 bridgehead atoms. The van der Waals surface area contributed by atoms with Crippen LogP contribution in [0.3, 0.4) is 0 Å². The highest BCUT2D eigenvalue weighted by Crippen LogP contribution is 2.12. The molecule has 1 aliphatic heterocycles. The summed E-state index contributed by atoms with van der Waals surface area (Å²) in [6.07, 6.45) is 0. The molecule has 1 fully saturated rings. The zero-order chi connectivity index (χ0) is 15.4. The molecule has 6 heteroatoms. The second kappa shape index (κ2) is 7.38. The summed E-state index contributed by atoms with van der Waals surface area (Å²) in [6, 6.07) is 11.6. The molecular formula is C16H18Cl2N4. The number of hydrogen-bond donors (Lipinski definition) is 0. The third-order valence-electron chi connectivity index (χ3n) is 3.78. The molecule has 0 saturated carbocycles. The first-order valence-electron chi connectivity index (χ1n) is 7.36. The van der Waals surface area contributed by atoms with E-state index in [4.69, 9.17) is 23.2 Å². The molecule has 0 unspecified atom stereocenters. The van der Waals surface area contributed by atoms with Gasteiger partial charge in [-0.1, -0.05) is 35.3 Å². The maximum Gasteiger partial charge on any atom is 0.129 e. The lowest BCUT2D eigenvalue weighted by atomic mass is 10.2. The molecule has 0 aliphatic carbocycles. The molecule has 3 heterocycles. The Morgan fingerprint density at radius 3 is 1.50 bits per heavy atom. The van der Waals surface area contributed by atoms with Gasteiger partial charge in [-0.2, -0.15) is 0 Å². The lowest BCUT2D eigenvalue weighted by molar-refractivity contribution is 0.120. The molecule has 0 aromatic carbocycles. The molecule has 3 rings (SSSR count). The molecule has 0 atom stereocenters. The van der Waals surface area contributed by atoms with E-state index in [0.717, 1.165) is 50.7 Å². The van der Waals surface area contributed by atoms with E-state index in [1.807, 2.05) is 24.3 Å². The van der Waals surface area contributed by atoms with Crippen molar-refractivity contribution < 1.29 is 0 Å². The normalized spacial score (nSPS) is 16.8. The van der Waals surface area contributed by atoms with E-state index in [2.05, 4.69) is 19.8 Å². The maximum atomic E-state index is 5.93. The Labute approximate surface area is 140 Å². The monoisotopic (exact) mass is 336 g/mol. The number of pyridine rings is 2. The molecule has 1 aliphatic rings. The van der Waals surface area contributed by atoms with Crippen molar-refractivity contribution in [1.82, 2.24) is 19.8 Å². The Hall–Kier alpha value is -1.20. The van der Waals surface area contributed by atoms with E-state index in [1.165, 1.54) is 0 Å². The second-order valence-electron chi connectivity index (χ2n) is 5.46. The van der Waals surface area contributed by atoms with Crippen LogP contribution in [0.4, 0.5) is 0 Å². The first-order chi connectivity index (χ1) is 10.7. The summed E-state index contributed by atoms with van der Waals surface area (Å²) in [6.45, 7) is 5.79. The van der Waals surface area contributed by atoms with Gasteiger partial charge in [0.15, 0.2) is 0 Å². The van der Waals surface area contributed by atoms with Gasteiger partial charge in [0.05, 0.1) is 11.4 Å². The van der Waals surface area contributed by atoms with Gasteiger partial charge >= 0.3 is 0 Å². The summed E-state index contributed by atoms with van der Waals surface area (Å²) in [7, 11) is 0. The number of rotatable bonds is 4. The molecule has 4 nitrogen and oxygen atoms in total. The predicted octanol–water partition coefficient (Wildman–Crippen LogP) is 3.10. The lowest BCUT2D eigenvalue weighted by Gasteiger charge is -2.34. The van der Waals surface area contributed by atoms with Gasteiger partial charge in [0.25, 0.3) is 0 Å². The van der Waals surface area contributed by atoms with Gasteiger partial charge in [-0.3, -0.25) is 9.80 Å². The average Bonchev–Trinajstić information content (AvgIpc) is 2.49. The third kappa shape index (κ3) is 4.40. The fraction of sp³-hybridized carbons (Fsp3) is 0.375. The van der Waals surface area contributed by atoms with Crippen LogP contribution in [-0.2, 0) is 13.1 Å². The highest BCUT2D eigenvalue weighted by molar-refractivity contribution is 6.29. The molecule has 116 valence electrons. The quantitative estimate of drug-likeness (QED) is 0.803. The van der Waals surface area contributed by atoms with Crippen molar-refractivity contribution in [3.8, 4) is 0 Å². The first kappa shape index (κ1) is 15.7. The molecule has 2 aromatic rings. The van der Waals surface area contributed by atoms with Crippen molar-refractivity contribution in [2.24, 2.45) is 0 Å². The van der Waals surface area contributed by atoms with Crippen LogP contribution in [0.2, 0.25) is 10.3 Å². The Bertz CT molecular complexity index is 572. The second-order valence-corrected chi connectivity index (χ2v) is 6.23. The molecule has 1 saturated heterocycles. The van der Waals surface area contributed by atoms with Gasteiger partial charge in [0, 0.05) is 39.3 Å². The summed E-state index contributed by atoms with van der Waals surface area (Å²) in [5, 5.41) is 1.12. The molecule has 0 spiro atoms. The summed E-state index contributed by atoms with van der Waals surface area (Å²) in [5.74, 6) is 0. The van der Waals surface area contributed by atoms with Crippen molar-refractivity contribution in [1.29, 1.82) is 0 Å². The minimum atomic E-state index is 0.558. The number of nitrogens with zero attached hydrogens (tertiary/aromatic N) is 4. The van der Waals surface area contributed by atoms with E-state index in [-0.39, 0.29) is 0 Å². The molecule has 2 aromatic heterocycles. The smallest absolute Gasteiger partial charge is 0.129 e. The standard InChI is InChI=1S/C16H18Cl2N4/c17-15-5-1-3-13(19-15)11-21-7-9-22(10-8-21)12-14-4-2-6-16(18)20-14/h1-6H,7-12H2. The van der Waals surface area contributed by atoms with Crippen LogP contribution in [0, 0.1) is 0 Å². The molecule has 0 amide bonds. The summed E-state index contributed by atoms with van der Waals surface area (Å²) in [5.41, 5.74) is 2.05. The van der Waals surface area contributed by atoms with E-state index in [9.17, 15) is 0 Å². The third-order valence-corrected chi connectivity index (χ3v) is 4.20. The largest absolute Gasteiger partial charge is 0.295 e. The van der Waals surface area contributed by atoms with Gasteiger partial charge in [-0.05, 0) is 24.3 Å². The fourth-order valence-corrected chi connectivity index (χ4v) is 3.00. The van der Waals surface area contributed by atoms with Crippen molar-refractivity contribution in [2.75, 3.05) is 26.2 Å². The van der Waals surface area contributed by atoms with E-state index in [1.54, 1.807) is 12.1 Å². The van der Waals surface area contributed by atoms with Crippen LogP contribution < -0.4 is 0 Å². The van der Waals surface area contributed by atoms with Crippen LogP contribution in [0.25, 0.3) is 0 Å². The van der Waals surface area contributed by atoms with Crippen LogP contribution in [0.1, 0.15) is 11.4 Å². The van der Waals surface area contributed by atoms with Gasteiger partial charge in [-0.15, -0.1) is 0 Å². The van der Waals surface area contributed by atoms with Crippen LogP contribution in [0.5, 0.6) is 0 Å². The maximum absolute atomic E-state index is 5.93. The number of aromatic nitrogens is 2. The zero-order valence-corrected chi connectivity index (χ0v) is 13.8. The van der Waals surface area contributed by atoms with E-state index < -0.39 is 0 Å². The van der Waals surface area contributed by atoms with Gasteiger partial charge in [0.1, 0.15) is 10.3 Å². The highest BCUT2D eigenvalue weighted by Gasteiger charge is 2.17. The topological polar surface area (TPSA) is 32.3 Å². The SMILES string of the molecule is Clc1cccc(CN2CCN(Cc3cccc(Cl)n3)CC2)n1. The van der Waals surface area contributed by atoms with Gasteiger partial charge < -0.3 is 0 Å². The number of hydrogen-bond acceptors (Lipinski definition) is 4. The highest BCUT2D eigenvalue weighted by atomic mass is 35.5. The average molecular weight is 337 g/mol. The van der Waals surface area contributed by atoms with Crippen LogP contribution >= 0.6 is 23.2 Å². The summed E-state index contributed by atoms with van der Waals surface area (Å²) in [4.78, 5) is 13.5. The molecule has 22 heavy (non-hydrogen) atoms. The van der Waals surface area contributed by atoms with Crippen LogP contribution in [0.15, 0.2) is 36.4 Å². The summed E-state index contributed by atoms with van der Waals surface area (Å²) >= 11 is 11.9. The van der Waals surface area contributed by atoms with E-state index in [0.29, 0.717) is 10.3 Å². The Morgan fingerprint density at radius 1 is 0.727 bits per heavy atom. The minimum absolute atomic E-state index is 0.558. The van der Waals surface area contributed by atoms with Crippen LogP contribution in [-0.4, -0.2) is 45.9 Å². The summed E-state index contributed by atoms with van der Waals surface area (Å²) < 4.78 is 0. The van der Waals surface area contributed by atoms with Crippen molar-refractivity contribution in [3.63, 3.8) is 0 Å². The number of halogens is 2. The Balaban J connectivity index is 1.50. The first-order valence-corrected chi connectivity index (χ1v) is 8.12. The Morgan fingerprint density at radius 2 is 1.14 bits per heavy atom. The molecule has 0 radical (unpaired) electrons. The van der Waals surface area contributed by atoms with Gasteiger partial charge in [0.2, 0.25) is 0 Å². The molecular weight excluding hydrogens is 319 g/mol. The zero-order valence-electron chi connectivity index (χ0n) is 12.3. The van der Waals surface area contributed by atoms with E-state index >= 15 is 0 Å². The predicted molar refractivity (Wildman–Crippen MR) is 89.0 cm³/mol. The van der Waals surface area contributed by atoms with Crippen molar-refractivity contribution in [3.05, 3.63) is 58.1 Å². The van der Waals surface area contributed by atoms with Crippen molar-refractivity contribution >= 4 is 23.2 Å². The lowest BCUT2D eigenvalue weighted by Crippen LogP contribution is -2.45. The molecule has 0 N–H and O–H groups in total. The minimum Gasteiger partial charge on any atom is -0.295 e. The number of piperazine rings is 1. The van der Waals surface area contributed by atoms with Crippen molar-refractivity contribution in [2.45, 2.75) is 13.1 Å². The van der Waals surface area contributed by atoms with Gasteiger partial charge in [-0.25, -0.2) is 9.97 Å².